The molecule has 4 amide bonds. The van der Waals surface area contributed by atoms with Crippen molar-refractivity contribution in [2.75, 3.05) is 13.2 Å². The van der Waals surface area contributed by atoms with E-state index in [0.29, 0.717) is 6.61 Å². The van der Waals surface area contributed by atoms with Crippen molar-refractivity contribution in [2.45, 2.75) is 45.6 Å². The first-order chi connectivity index (χ1) is 9.54. The third-order valence-corrected chi connectivity index (χ3v) is 4.05. The lowest BCUT2D eigenvalue weighted by Gasteiger charge is -2.34. The lowest BCUT2D eigenvalue weighted by molar-refractivity contribution is -0.146. The van der Waals surface area contributed by atoms with Gasteiger partial charge in [0.25, 0.3) is 0 Å². The SMILES string of the molecule is CCOC(C)CN1C(=O)NC(=O)C(C2CCCC2)C1=O. The van der Waals surface area contributed by atoms with Gasteiger partial charge in [-0.3, -0.25) is 19.8 Å². The number of hydrogen-bond donors (Lipinski definition) is 1. The molecule has 6 heteroatoms. The van der Waals surface area contributed by atoms with Gasteiger partial charge in [-0.2, -0.15) is 0 Å². The van der Waals surface area contributed by atoms with Crippen LogP contribution in [0.5, 0.6) is 0 Å². The van der Waals surface area contributed by atoms with E-state index in [9.17, 15) is 14.4 Å². The van der Waals surface area contributed by atoms with Crippen LogP contribution in [0.1, 0.15) is 39.5 Å². The minimum absolute atomic E-state index is 0.0699. The number of carbonyl (C=O) groups excluding carboxylic acids is 3. The minimum Gasteiger partial charge on any atom is -0.377 e. The first kappa shape index (κ1) is 15.0. The summed E-state index contributed by atoms with van der Waals surface area (Å²) in [6, 6.07) is -0.624. The fourth-order valence-corrected chi connectivity index (χ4v) is 3.10. The molecule has 112 valence electrons. The highest BCUT2D eigenvalue weighted by Crippen LogP contribution is 2.33. The number of amides is 4. The van der Waals surface area contributed by atoms with Crippen molar-refractivity contribution < 1.29 is 19.1 Å². The molecule has 0 aromatic carbocycles. The molecular formula is C14H22N2O4. The zero-order valence-electron chi connectivity index (χ0n) is 12.1. The number of urea groups is 1. The second-order valence-corrected chi connectivity index (χ2v) is 5.53. The second kappa shape index (κ2) is 6.35. The maximum atomic E-state index is 12.5. The fourth-order valence-electron chi connectivity index (χ4n) is 3.10. The zero-order chi connectivity index (χ0) is 14.7. The van der Waals surface area contributed by atoms with Gasteiger partial charge in [0.1, 0.15) is 5.92 Å². The van der Waals surface area contributed by atoms with E-state index in [1.807, 2.05) is 13.8 Å². The van der Waals surface area contributed by atoms with E-state index < -0.39 is 17.9 Å². The van der Waals surface area contributed by atoms with Crippen molar-refractivity contribution in [1.29, 1.82) is 0 Å². The Hall–Kier alpha value is -1.43. The predicted molar refractivity (Wildman–Crippen MR) is 71.8 cm³/mol. The molecule has 1 heterocycles. The van der Waals surface area contributed by atoms with E-state index in [1.54, 1.807) is 0 Å². The number of rotatable bonds is 5. The van der Waals surface area contributed by atoms with Crippen LogP contribution >= 0.6 is 0 Å². The molecule has 20 heavy (non-hydrogen) atoms. The molecule has 2 atom stereocenters. The van der Waals surface area contributed by atoms with Crippen molar-refractivity contribution in [3.8, 4) is 0 Å². The molecule has 0 spiro atoms. The lowest BCUT2D eigenvalue weighted by atomic mass is 9.87. The number of nitrogens with one attached hydrogen (secondary N) is 1. The highest BCUT2D eigenvalue weighted by Gasteiger charge is 2.45. The lowest BCUT2D eigenvalue weighted by Crippen LogP contribution is -2.60. The van der Waals surface area contributed by atoms with Crippen LogP contribution in [0.25, 0.3) is 0 Å². The van der Waals surface area contributed by atoms with E-state index in [4.69, 9.17) is 4.74 Å². The van der Waals surface area contributed by atoms with Crippen molar-refractivity contribution in [3.05, 3.63) is 0 Å². The average molecular weight is 282 g/mol. The van der Waals surface area contributed by atoms with Gasteiger partial charge in [-0.25, -0.2) is 4.79 Å². The smallest absolute Gasteiger partial charge is 0.330 e. The number of imide groups is 2. The molecule has 6 nitrogen and oxygen atoms in total. The van der Waals surface area contributed by atoms with Crippen LogP contribution in [0.3, 0.4) is 0 Å². The highest BCUT2D eigenvalue weighted by atomic mass is 16.5. The first-order valence-electron chi connectivity index (χ1n) is 7.32. The zero-order valence-corrected chi connectivity index (χ0v) is 12.1. The molecule has 1 aliphatic carbocycles. The van der Waals surface area contributed by atoms with Crippen LogP contribution in [-0.4, -0.2) is 42.0 Å². The Morgan fingerprint density at radius 1 is 1.30 bits per heavy atom. The molecule has 2 aliphatic rings. The Morgan fingerprint density at radius 3 is 2.55 bits per heavy atom. The fraction of sp³-hybridized carbons (Fsp3) is 0.786. The summed E-state index contributed by atoms with van der Waals surface area (Å²) in [6.45, 7) is 4.38. The predicted octanol–water partition coefficient (Wildman–Crippen LogP) is 1.30. The molecule has 0 aromatic heterocycles. The van der Waals surface area contributed by atoms with Crippen molar-refractivity contribution in [1.82, 2.24) is 10.2 Å². The molecule has 0 bridgehead atoms. The van der Waals surface area contributed by atoms with Crippen LogP contribution in [0.4, 0.5) is 4.79 Å². The molecular weight excluding hydrogens is 260 g/mol. The van der Waals surface area contributed by atoms with E-state index >= 15 is 0 Å². The Morgan fingerprint density at radius 2 is 1.95 bits per heavy atom. The molecule has 0 aromatic rings. The number of carbonyl (C=O) groups is 3. The number of ether oxygens (including phenoxy) is 1. The summed E-state index contributed by atoms with van der Waals surface area (Å²) < 4.78 is 5.37. The molecule has 1 saturated heterocycles. The van der Waals surface area contributed by atoms with E-state index in [1.165, 1.54) is 0 Å². The summed E-state index contributed by atoms with van der Waals surface area (Å²) in [5.74, 6) is -1.44. The average Bonchev–Trinajstić information content (AvgIpc) is 2.88. The van der Waals surface area contributed by atoms with Gasteiger partial charge in [0, 0.05) is 6.61 Å². The monoisotopic (exact) mass is 282 g/mol. The quantitative estimate of drug-likeness (QED) is 0.771. The van der Waals surface area contributed by atoms with Gasteiger partial charge in [0.15, 0.2) is 0 Å². The first-order valence-corrected chi connectivity index (χ1v) is 7.32. The van der Waals surface area contributed by atoms with Crippen LogP contribution in [0, 0.1) is 11.8 Å². The van der Waals surface area contributed by atoms with Gasteiger partial charge in [-0.05, 0) is 32.6 Å². The molecule has 2 unspecified atom stereocenters. The van der Waals surface area contributed by atoms with Crippen LogP contribution in [0.15, 0.2) is 0 Å². The topological polar surface area (TPSA) is 75.7 Å². The Labute approximate surface area is 118 Å². The standard InChI is InChI=1S/C14H22N2O4/c1-3-20-9(2)8-16-13(18)11(10-6-4-5-7-10)12(17)15-14(16)19/h9-11H,3-8H2,1-2H3,(H,15,17,19). The summed E-state index contributed by atoms with van der Waals surface area (Å²) in [6.07, 6.45) is 3.63. The maximum absolute atomic E-state index is 12.5. The normalized spacial score (nSPS) is 26.0. The van der Waals surface area contributed by atoms with Crippen LogP contribution in [0.2, 0.25) is 0 Å². The van der Waals surface area contributed by atoms with E-state index in [0.717, 1.165) is 30.6 Å². The molecule has 1 saturated carbocycles. The maximum Gasteiger partial charge on any atom is 0.330 e. The molecule has 0 radical (unpaired) electrons. The Balaban J connectivity index is 2.09. The van der Waals surface area contributed by atoms with Gasteiger partial charge in [0.2, 0.25) is 11.8 Å². The molecule has 2 fully saturated rings. The summed E-state index contributed by atoms with van der Waals surface area (Å²) in [7, 11) is 0. The van der Waals surface area contributed by atoms with E-state index in [2.05, 4.69) is 5.32 Å². The van der Waals surface area contributed by atoms with Gasteiger partial charge in [-0.1, -0.05) is 12.8 Å². The second-order valence-electron chi connectivity index (χ2n) is 5.53. The highest BCUT2D eigenvalue weighted by molar-refractivity contribution is 6.16. The number of nitrogens with zero attached hydrogens (tertiary/aromatic N) is 1. The van der Waals surface area contributed by atoms with Crippen LogP contribution < -0.4 is 5.32 Å². The van der Waals surface area contributed by atoms with Gasteiger partial charge in [-0.15, -0.1) is 0 Å². The summed E-state index contributed by atoms with van der Waals surface area (Å²) in [4.78, 5) is 37.4. The minimum atomic E-state index is -0.705. The van der Waals surface area contributed by atoms with Crippen LogP contribution in [-0.2, 0) is 14.3 Å². The number of barbiturate groups is 1. The molecule has 1 N–H and O–H groups in total. The summed E-state index contributed by atoms with van der Waals surface area (Å²) in [5.41, 5.74) is 0. The third kappa shape index (κ3) is 3.00. The third-order valence-electron chi connectivity index (χ3n) is 4.05. The van der Waals surface area contributed by atoms with Gasteiger partial charge in [0.05, 0.1) is 12.6 Å². The molecule has 2 rings (SSSR count). The largest absolute Gasteiger partial charge is 0.377 e. The molecule has 1 aliphatic heterocycles. The van der Waals surface area contributed by atoms with Crippen molar-refractivity contribution in [2.24, 2.45) is 11.8 Å². The van der Waals surface area contributed by atoms with Crippen molar-refractivity contribution in [3.63, 3.8) is 0 Å². The van der Waals surface area contributed by atoms with Gasteiger partial charge < -0.3 is 4.74 Å². The number of hydrogen-bond acceptors (Lipinski definition) is 4. The summed E-state index contributed by atoms with van der Waals surface area (Å²) >= 11 is 0. The van der Waals surface area contributed by atoms with Gasteiger partial charge >= 0.3 is 6.03 Å². The Kier molecular flexibility index (Phi) is 4.75. The van der Waals surface area contributed by atoms with Crippen molar-refractivity contribution >= 4 is 17.8 Å². The summed E-state index contributed by atoms with van der Waals surface area (Å²) in [5, 5.41) is 2.31. The van der Waals surface area contributed by atoms with E-state index in [-0.39, 0.29) is 24.5 Å². The Bertz CT molecular complexity index is 404.